The van der Waals surface area contributed by atoms with Crippen LogP contribution < -0.4 is 10.1 Å². The zero-order valence-corrected chi connectivity index (χ0v) is 16.3. The molecule has 1 heterocycles. The molecule has 0 amide bonds. The fraction of sp³-hybridized carbons (Fsp3) is 0.429. The standard InChI is InChI=1S/C21H27N3OS/c1-16(17-9-8-14-22-15-17)24(18-10-4-3-5-11-18)21(26)23-19-12-6-7-13-20(19)25-2/h6-9,12-16,18H,3-5,10-11H2,1-2H3,(H,23,26). The third kappa shape index (κ3) is 4.33. The molecule has 1 aromatic carbocycles. The van der Waals surface area contributed by atoms with Crippen molar-refractivity contribution in [1.82, 2.24) is 9.88 Å². The van der Waals surface area contributed by atoms with Crippen LogP contribution in [0.1, 0.15) is 50.6 Å². The lowest BCUT2D eigenvalue weighted by molar-refractivity contribution is 0.203. The van der Waals surface area contributed by atoms with Crippen LogP contribution in [0.25, 0.3) is 0 Å². The van der Waals surface area contributed by atoms with E-state index in [9.17, 15) is 0 Å². The molecule has 0 radical (unpaired) electrons. The summed E-state index contributed by atoms with van der Waals surface area (Å²) in [6.45, 7) is 2.21. The average Bonchev–Trinajstić information content (AvgIpc) is 2.70. The number of methoxy groups -OCH3 is 1. The third-order valence-corrected chi connectivity index (χ3v) is 5.45. The van der Waals surface area contributed by atoms with Gasteiger partial charge in [-0.2, -0.15) is 0 Å². The van der Waals surface area contributed by atoms with E-state index in [4.69, 9.17) is 17.0 Å². The summed E-state index contributed by atoms with van der Waals surface area (Å²) in [6.07, 6.45) is 9.95. The van der Waals surface area contributed by atoms with E-state index in [1.165, 1.54) is 37.7 Å². The zero-order valence-electron chi connectivity index (χ0n) is 15.5. The summed E-state index contributed by atoms with van der Waals surface area (Å²) < 4.78 is 5.47. The molecule has 1 unspecified atom stereocenters. The monoisotopic (exact) mass is 369 g/mol. The van der Waals surface area contributed by atoms with Crippen molar-refractivity contribution in [1.29, 1.82) is 0 Å². The Kier molecular flexibility index (Phi) is 6.45. The Bertz CT molecular complexity index is 716. The highest BCUT2D eigenvalue weighted by Gasteiger charge is 2.28. The normalized spacial score (nSPS) is 15.9. The predicted molar refractivity (Wildman–Crippen MR) is 111 cm³/mol. The van der Waals surface area contributed by atoms with Gasteiger partial charge in [0.25, 0.3) is 0 Å². The number of nitrogens with zero attached hydrogens (tertiary/aromatic N) is 2. The summed E-state index contributed by atoms with van der Waals surface area (Å²) in [5, 5.41) is 4.17. The van der Waals surface area contributed by atoms with Crippen LogP contribution in [-0.4, -0.2) is 28.1 Å². The van der Waals surface area contributed by atoms with Gasteiger partial charge < -0.3 is 15.0 Å². The first-order chi connectivity index (χ1) is 12.7. The van der Waals surface area contributed by atoms with Gasteiger partial charge in [0.05, 0.1) is 18.8 Å². The Hall–Kier alpha value is -2.14. The molecule has 1 atom stereocenters. The van der Waals surface area contributed by atoms with Crippen LogP contribution >= 0.6 is 12.2 Å². The molecular formula is C21H27N3OS. The lowest BCUT2D eigenvalue weighted by Gasteiger charge is -2.40. The highest BCUT2D eigenvalue weighted by molar-refractivity contribution is 7.80. The Morgan fingerprint density at radius 3 is 2.65 bits per heavy atom. The van der Waals surface area contributed by atoms with Gasteiger partial charge in [-0.05, 0) is 55.7 Å². The Balaban J connectivity index is 1.85. The number of hydrogen-bond acceptors (Lipinski definition) is 3. The topological polar surface area (TPSA) is 37.4 Å². The van der Waals surface area contributed by atoms with E-state index in [-0.39, 0.29) is 6.04 Å². The molecule has 0 bridgehead atoms. The largest absolute Gasteiger partial charge is 0.495 e. The van der Waals surface area contributed by atoms with E-state index < -0.39 is 0 Å². The molecule has 138 valence electrons. The SMILES string of the molecule is COc1ccccc1NC(=S)N(C1CCCCC1)C(C)c1cccnc1. The van der Waals surface area contributed by atoms with E-state index in [0.717, 1.165) is 16.5 Å². The highest BCUT2D eigenvalue weighted by Crippen LogP contribution is 2.32. The molecule has 1 aromatic heterocycles. The second-order valence-electron chi connectivity index (χ2n) is 6.79. The Morgan fingerprint density at radius 1 is 1.19 bits per heavy atom. The fourth-order valence-electron chi connectivity index (χ4n) is 3.73. The maximum Gasteiger partial charge on any atom is 0.174 e. The van der Waals surface area contributed by atoms with Crippen LogP contribution in [0, 0.1) is 0 Å². The van der Waals surface area contributed by atoms with E-state index in [0.29, 0.717) is 6.04 Å². The Morgan fingerprint density at radius 2 is 1.96 bits per heavy atom. The van der Waals surface area contributed by atoms with Crippen LogP contribution in [-0.2, 0) is 0 Å². The predicted octanol–water partition coefficient (Wildman–Crippen LogP) is 5.18. The fourth-order valence-corrected chi connectivity index (χ4v) is 4.15. The minimum absolute atomic E-state index is 0.168. The summed E-state index contributed by atoms with van der Waals surface area (Å²) in [7, 11) is 1.68. The van der Waals surface area contributed by atoms with Crippen molar-refractivity contribution in [2.24, 2.45) is 0 Å². The van der Waals surface area contributed by atoms with Crippen molar-refractivity contribution in [3.8, 4) is 5.75 Å². The lowest BCUT2D eigenvalue weighted by Crippen LogP contribution is -2.45. The van der Waals surface area contributed by atoms with E-state index in [1.54, 1.807) is 7.11 Å². The molecule has 0 saturated heterocycles. The van der Waals surface area contributed by atoms with Crippen LogP contribution in [0.15, 0.2) is 48.8 Å². The van der Waals surface area contributed by atoms with Crippen LogP contribution in [0.2, 0.25) is 0 Å². The summed E-state index contributed by atoms with van der Waals surface area (Å²) in [6, 6.07) is 12.6. The molecule has 2 aromatic rings. The minimum atomic E-state index is 0.168. The number of thiocarbonyl (C=S) groups is 1. The van der Waals surface area contributed by atoms with Crippen LogP contribution in [0.5, 0.6) is 5.75 Å². The van der Waals surface area contributed by atoms with Crippen molar-refractivity contribution in [3.63, 3.8) is 0 Å². The summed E-state index contributed by atoms with van der Waals surface area (Å²) >= 11 is 5.86. The quantitative estimate of drug-likeness (QED) is 0.735. The van der Waals surface area contributed by atoms with E-state index in [2.05, 4.69) is 28.2 Å². The maximum atomic E-state index is 5.86. The molecule has 1 saturated carbocycles. The van der Waals surface area contributed by atoms with Crippen LogP contribution in [0.3, 0.4) is 0 Å². The number of benzene rings is 1. The number of pyridine rings is 1. The molecule has 1 fully saturated rings. The molecule has 26 heavy (non-hydrogen) atoms. The van der Waals surface area contributed by atoms with Crippen LogP contribution in [0.4, 0.5) is 5.69 Å². The van der Waals surface area contributed by atoms with Gasteiger partial charge in [0.15, 0.2) is 5.11 Å². The van der Waals surface area contributed by atoms with Gasteiger partial charge in [0, 0.05) is 18.4 Å². The lowest BCUT2D eigenvalue weighted by atomic mass is 9.92. The molecule has 3 rings (SSSR count). The van der Waals surface area contributed by atoms with Gasteiger partial charge in [0.1, 0.15) is 5.75 Å². The average molecular weight is 370 g/mol. The smallest absolute Gasteiger partial charge is 0.174 e. The Labute approximate surface area is 161 Å². The van der Waals surface area contributed by atoms with E-state index >= 15 is 0 Å². The van der Waals surface area contributed by atoms with Gasteiger partial charge in [-0.1, -0.05) is 37.5 Å². The second kappa shape index (κ2) is 8.99. The van der Waals surface area contributed by atoms with Crippen molar-refractivity contribution < 1.29 is 4.74 Å². The zero-order chi connectivity index (χ0) is 18.4. The van der Waals surface area contributed by atoms with Crippen molar-refractivity contribution >= 4 is 23.0 Å². The number of aromatic nitrogens is 1. The molecule has 0 aliphatic heterocycles. The van der Waals surface area contributed by atoms with Crippen molar-refractivity contribution in [3.05, 3.63) is 54.4 Å². The molecule has 1 aliphatic rings. The molecule has 5 heteroatoms. The van der Waals surface area contributed by atoms with E-state index in [1.807, 2.05) is 42.7 Å². The second-order valence-corrected chi connectivity index (χ2v) is 7.18. The van der Waals surface area contributed by atoms with Gasteiger partial charge in [0.2, 0.25) is 0 Å². The number of rotatable bonds is 5. The molecule has 0 spiro atoms. The van der Waals surface area contributed by atoms with Crippen molar-refractivity contribution in [2.75, 3.05) is 12.4 Å². The summed E-state index contributed by atoms with van der Waals surface area (Å²) in [5.74, 6) is 0.799. The van der Waals surface area contributed by atoms with Crippen molar-refractivity contribution in [2.45, 2.75) is 51.1 Å². The number of hydrogen-bond donors (Lipinski definition) is 1. The number of ether oxygens (including phenoxy) is 1. The number of nitrogens with one attached hydrogen (secondary N) is 1. The number of anilines is 1. The van der Waals surface area contributed by atoms with Gasteiger partial charge in [-0.3, -0.25) is 4.98 Å². The molecular weight excluding hydrogens is 342 g/mol. The third-order valence-electron chi connectivity index (χ3n) is 5.14. The first-order valence-corrected chi connectivity index (χ1v) is 9.74. The first kappa shape index (κ1) is 18.6. The summed E-state index contributed by atoms with van der Waals surface area (Å²) in [4.78, 5) is 6.65. The number of para-hydroxylation sites is 2. The molecule has 4 nitrogen and oxygen atoms in total. The molecule has 1 N–H and O–H groups in total. The minimum Gasteiger partial charge on any atom is -0.495 e. The first-order valence-electron chi connectivity index (χ1n) is 9.33. The molecule has 1 aliphatic carbocycles. The highest BCUT2D eigenvalue weighted by atomic mass is 32.1. The summed E-state index contributed by atoms with van der Waals surface area (Å²) in [5.41, 5.74) is 2.08. The van der Waals surface area contributed by atoms with Gasteiger partial charge >= 0.3 is 0 Å². The maximum absolute atomic E-state index is 5.86. The van der Waals surface area contributed by atoms with Gasteiger partial charge in [-0.25, -0.2) is 0 Å². The van der Waals surface area contributed by atoms with Gasteiger partial charge in [-0.15, -0.1) is 0 Å².